The minimum absolute atomic E-state index is 0.499. The molecule has 0 aliphatic heterocycles. The molecular formula is C16H25NO3. The predicted octanol–water partition coefficient (Wildman–Crippen LogP) is 3.30. The third-order valence-corrected chi connectivity index (χ3v) is 4.34. The Balaban J connectivity index is 2.02. The van der Waals surface area contributed by atoms with Crippen molar-refractivity contribution in [1.29, 1.82) is 0 Å². The lowest BCUT2D eigenvalue weighted by atomic mass is 9.70. The van der Waals surface area contributed by atoms with Crippen LogP contribution >= 0.6 is 0 Å². The van der Waals surface area contributed by atoms with Crippen molar-refractivity contribution in [3.05, 3.63) is 23.7 Å². The highest BCUT2D eigenvalue weighted by molar-refractivity contribution is 5.75. The third-order valence-electron chi connectivity index (χ3n) is 4.34. The van der Waals surface area contributed by atoms with E-state index in [-0.39, 0.29) is 0 Å². The van der Waals surface area contributed by atoms with Crippen LogP contribution in [0, 0.1) is 18.3 Å². The van der Waals surface area contributed by atoms with Crippen LogP contribution in [-0.4, -0.2) is 29.6 Å². The van der Waals surface area contributed by atoms with E-state index in [4.69, 9.17) is 4.42 Å². The van der Waals surface area contributed by atoms with E-state index in [1.807, 2.05) is 26.1 Å². The second kappa shape index (κ2) is 6.00. The molecular weight excluding hydrogens is 254 g/mol. The molecule has 1 aromatic heterocycles. The number of aliphatic carboxylic acids is 1. The summed E-state index contributed by atoms with van der Waals surface area (Å²) in [6.45, 7) is 5.33. The first-order valence-corrected chi connectivity index (χ1v) is 7.38. The number of rotatable bonds is 5. The fourth-order valence-corrected chi connectivity index (χ4v) is 3.47. The highest BCUT2D eigenvalue weighted by atomic mass is 16.4. The average molecular weight is 279 g/mol. The van der Waals surface area contributed by atoms with E-state index in [1.165, 1.54) is 0 Å². The van der Waals surface area contributed by atoms with Gasteiger partial charge in [0.05, 0.1) is 12.0 Å². The van der Waals surface area contributed by atoms with E-state index in [0.717, 1.165) is 37.2 Å². The number of hydrogen-bond acceptors (Lipinski definition) is 3. The molecule has 1 heterocycles. The summed E-state index contributed by atoms with van der Waals surface area (Å²) in [5.41, 5.74) is -0.589. The molecule has 1 fully saturated rings. The van der Waals surface area contributed by atoms with E-state index < -0.39 is 11.4 Å². The Kier molecular flexibility index (Phi) is 4.53. The van der Waals surface area contributed by atoms with Gasteiger partial charge < -0.3 is 9.52 Å². The summed E-state index contributed by atoms with van der Waals surface area (Å²) >= 11 is 0. The number of carbonyl (C=O) groups is 1. The predicted molar refractivity (Wildman–Crippen MR) is 77.5 cm³/mol. The molecule has 1 N–H and O–H groups in total. The largest absolute Gasteiger partial charge is 0.481 e. The van der Waals surface area contributed by atoms with E-state index in [0.29, 0.717) is 19.0 Å². The molecule has 1 aromatic rings. The summed E-state index contributed by atoms with van der Waals surface area (Å²) in [5.74, 6) is 1.65. The van der Waals surface area contributed by atoms with Gasteiger partial charge in [-0.3, -0.25) is 9.69 Å². The van der Waals surface area contributed by atoms with E-state index >= 15 is 0 Å². The normalized spacial score (nSPS) is 26.9. The van der Waals surface area contributed by atoms with Crippen LogP contribution in [0.3, 0.4) is 0 Å². The fraction of sp³-hybridized carbons (Fsp3) is 0.688. The molecule has 1 aliphatic carbocycles. The van der Waals surface area contributed by atoms with Gasteiger partial charge in [0.2, 0.25) is 0 Å². The van der Waals surface area contributed by atoms with Gasteiger partial charge in [-0.25, -0.2) is 0 Å². The van der Waals surface area contributed by atoms with Gasteiger partial charge in [-0.05, 0) is 44.9 Å². The van der Waals surface area contributed by atoms with Crippen molar-refractivity contribution in [3.63, 3.8) is 0 Å². The molecule has 0 spiro atoms. The van der Waals surface area contributed by atoms with E-state index in [9.17, 15) is 9.90 Å². The summed E-state index contributed by atoms with van der Waals surface area (Å²) in [7, 11) is 1.97. The van der Waals surface area contributed by atoms with E-state index in [1.54, 1.807) is 0 Å². The van der Waals surface area contributed by atoms with E-state index in [2.05, 4.69) is 11.8 Å². The maximum atomic E-state index is 11.8. The van der Waals surface area contributed by atoms with Crippen molar-refractivity contribution in [1.82, 2.24) is 4.90 Å². The highest BCUT2D eigenvalue weighted by Crippen LogP contribution is 2.40. The fourth-order valence-electron chi connectivity index (χ4n) is 3.47. The maximum Gasteiger partial charge on any atom is 0.310 e. The molecule has 20 heavy (non-hydrogen) atoms. The van der Waals surface area contributed by atoms with Crippen LogP contribution in [-0.2, 0) is 11.3 Å². The van der Waals surface area contributed by atoms with Gasteiger partial charge in [-0.1, -0.05) is 19.8 Å². The first kappa shape index (κ1) is 15.1. The molecule has 0 radical (unpaired) electrons. The van der Waals surface area contributed by atoms with Gasteiger partial charge in [-0.2, -0.15) is 0 Å². The smallest absolute Gasteiger partial charge is 0.310 e. The van der Waals surface area contributed by atoms with Crippen LogP contribution in [0.2, 0.25) is 0 Å². The van der Waals surface area contributed by atoms with Gasteiger partial charge in [-0.15, -0.1) is 0 Å². The molecule has 0 saturated heterocycles. The summed E-state index contributed by atoms with van der Waals surface area (Å²) in [5, 5.41) is 9.68. The molecule has 0 bridgehead atoms. The third kappa shape index (κ3) is 3.42. The Labute approximate surface area is 120 Å². The lowest BCUT2D eigenvalue weighted by molar-refractivity contribution is -0.153. The van der Waals surface area contributed by atoms with Crippen molar-refractivity contribution in [2.75, 3.05) is 13.6 Å². The Morgan fingerprint density at radius 3 is 2.85 bits per heavy atom. The molecule has 2 atom stereocenters. The molecule has 1 aliphatic rings. The van der Waals surface area contributed by atoms with Gasteiger partial charge in [0.1, 0.15) is 11.5 Å². The van der Waals surface area contributed by atoms with Crippen LogP contribution in [0.15, 0.2) is 16.5 Å². The Hall–Kier alpha value is -1.29. The Morgan fingerprint density at radius 1 is 1.55 bits per heavy atom. The number of carboxylic acids is 1. The van der Waals surface area contributed by atoms with Crippen molar-refractivity contribution in [3.8, 4) is 0 Å². The zero-order valence-corrected chi connectivity index (χ0v) is 12.7. The Bertz CT molecular complexity index is 468. The molecule has 0 aromatic carbocycles. The standard InChI is InChI=1S/C16H25NO3/c1-12-5-4-8-16(9-12,15(18)19)11-17(3)10-14-7-6-13(2)20-14/h6-7,12H,4-5,8-11H2,1-3H3,(H,18,19). The lowest BCUT2D eigenvalue weighted by Crippen LogP contribution is -2.44. The molecule has 0 amide bonds. The first-order chi connectivity index (χ1) is 9.41. The van der Waals surface area contributed by atoms with Gasteiger partial charge in [0.25, 0.3) is 0 Å². The molecule has 4 heteroatoms. The zero-order valence-electron chi connectivity index (χ0n) is 12.7. The van der Waals surface area contributed by atoms with Gasteiger partial charge in [0.15, 0.2) is 0 Å². The molecule has 112 valence electrons. The molecule has 2 unspecified atom stereocenters. The summed E-state index contributed by atoms with van der Waals surface area (Å²) in [4.78, 5) is 13.8. The Morgan fingerprint density at radius 2 is 2.30 bits per heavy atom. The molecule has 4 nitrogen and oxygen atoms in total. The zero-order chi connectivity index (χ0) is 14.8. The topological polar surface area (TPSA) is 53.7 Å². The maximum absolute atomic E-state index is 11.8. The van der Waals surface area contributed by atoms with Crippen LogP contribution < -0.4 is 0 Å². The van der Waals surface area contributed by atoms with Crippen molar-refractivity contribution in [2.24, 2.45) is 11.3 Å². The van der Waals surface area contributed by atoms with Crippen molar-refractivity contribution < 1.29 is 14.3 Å². The summed E-state index contributed by atoms with van der Waals surface area (Å²) < 4.78 is 5.57. The van der Waals surface area contributed by atoms with Crippen LogP contribution in [0.1, 0.15) is 44.1 Å². The van der Waals surface area contributed by atoms with Gasteiger partial charge in [0, 0.05) is 6.54 Å². The van der Waals surface area contributed by atoms with Crippen molar-refractivity contribution >= 4 is 5.97 Å². The number of aryl methyl sites for hydroxylation is 1. The minimum atomic E-state index is -0.647. The minimum Gasteiger partial charge on any atom is -0.481 e. The lowest BCUT2D eigenvalue weighted by Gasteiger charge is -2.38. The number of furan rings is 1. The van der Waals surface area contributed by atoms with Gasteiger partial charge >= 0.3 is 5.97 Å². The number of hydrogen-bond donors (Lipinski definition) is 1. The summed E-state index contributed by atoms with van der Waals surface area (Å²) in [6.07, 6.45) is 3.73. The SMILES string of the molecule is Cc1ccc(CN(C)CC2(C(=O)O)CCCC(C)C2)o1. The average Bonchev–Trinajstić information content (AvgIpc) is 2.74. The van der Waals surface area contributed by atoms with Crippen LogP contribution in [0.4, 0.5) is 0 Å². The van der Waals surface area contributed by atoms with Crippen molar-refractivity contribution in [2.45, 2.75) is 46.1 Å². The van der Waals surface area contributed by atoms with Crippen LogP contribution in [0.25, 0.3) is 0 Å². The number of carboxylic acid groups (broad SMARTS) is 1. The highest BCUT2D eigenvalue weighted by Gasteiger charge is 2.42. The summed E-state index contributed by atoms with van der Waals surface area (Å²) in [6, 6.07) is 3.90. The quantitative estimate of drug-likeness (QED) is 0.898. The molecule has 1 saturated carbocycles. The van der Waals surface area contributed by atoms with Crippen LogP contribution in [0.5, 0.6) is 0 Å². The second-order valence-electron chi connectivity index (χ2n) is 6.47. The second-order valence-corrected chi connectivity index (χ2v) is 6.47. The molecule has 2 rings (SSSR count). The first-order valence-electron chi connectivity index (χ1n) is 7.38. The number of nitrogens with zero attached hydrogens (tertiary/aromatic N) is 1. The monoisotopic (exact) mass is 279 g/mol.